The molecule has 1 atom stereocenters. The molecule has 0 bridgehead atoms. The third kappa shape index (κ3) is 5.54. The fourth-order valence-corrected chi connectivity index (χ4v) is 3.60. The maximum absolute atomic E-state index is 13.2. The van der Waals surface area contributed by atoms with Gasteiger partial charge in [0.15, 0.2) is 0 Å². The van der Waals surface area contributed by atoms with Crippen LogP contribution < -0.4 is 5.32 Å². The molecule has 0 saturated carbocycles. The lowest BCUT2D eigenvalue weighted by Gasteiger charge is -2.15. The number of rotatable bonds is 7. The van der Waals surface area contributed by atoms with Crippen molar-refractivity contribution in [2.45, 2.75) is 53.0 Å². The van der Waals surface area contributed by atoms with E-state index in [1.165, 1.54) is 22.3 Å². The summed E-state index contributed by atoms with van der Waals surface area (Å²) in [6.45, 7) is 9.44. The highest BCUT2D eigenvalue weighted by atomic mass is 19.1. The Hall–Kier alpha value is -2.42. The van der Waals surface area contributed by atoms with E-state index in [0.29, 0.717) is 12.0 Å². The van der Waals surface area contributed by atoms with Crippen molar-refractivity contribution in [1.29, 1.82) is 0 Å². The Balaban J connectivity index is 1.50. The summed E-state index contributed by atoms with van der Waals surface area (Å²) in [7, 11) is 0. The molecule has 148 valence electrons. The minimum absolute atomic E-state index is 0.159. The summed E-state index contributed by atoms with van der Waals surface area (Å²) in [5.41, 5.74) is 6.29. The van der Waals surface area contributed by atoms with E-state index in [4.69, 9.17) is 0 Å². The Bertz CT molecular complexity index is 863. The summed E-state index contributed by atoms with van der Waals surface area (Å²) >= 11 is 0. The van der Waals surface area contributed by atoms with E-state index in [-0.39, 0.29) is 5.82 Å². The lowest BCUT2D eigenvalue weighted by Crippen LogP contribution is -2.32. The number of amidine groups is 1. The first kappa shape index (κ1) is 20.3. The molecule has 0 fully saturated rings. The molecule has 2 aromatic rings. The molecule has 28 heavy (non-hydrogen) atoms. The molecule has 1 heterocycles. The molecule has 2 nitrogen and oxygen atoms in total. The van der Waals surface area contributed by atoms with Crippen LogP contribution in [0.1, 0.15) is 43.0 Å². The average molecular weight is 379 g/mol. The van der Waals surface area contributed by atoms with E-state index in [1.807, 2.05) is 13.0 Å². The fourth-order valence-electron chi connectivity index (χ4n) is 3.60. The predicted octanol–water partition coefficient (Wildman–Crippen LogP) is 5.43. The zero-order chi connectivity index (χ0) is 20.1. The van der Waals surface area contributed by atoms with E-state index >= 15 is 0 Å². The Morgan fingerprint density at radius 3 is 2.36 bits per heavy atom. The van der Waals surface area contributed by atoms with Crippen LogP contribution in [0.3, 0.4) is 0 Å². The van der Waals surface area contributed by atoms with Gasteiger partial charge in [-0.3, -0.25) is 4.99 Å². The number of nitrogens with zero attached hydrogens (tertiary/aromatic N) is 1. The highest BCUT2D eigenvalue weighted by molar-refractivity contribution is 5.95. The van der Waals surface area contributed by atoms with Crippen LogP contribution in [0.2, 0.25) is 0 Å². The number of hydrogen-bond donors (Lipinski definition) is 1. The zero-order valence-corrected chi connectivity index (χ0v) is 17.4. The Morgan fingerprint density at radius 1 is 1.00 bits per heavy atom. The third-order valence-electron chi connectivity index (χ3n) is 5.44. The largest absolute Gasteiger partial charge is 0.368 e. The predicted molar refractivity (Wildman–Crippen MR) is 117 cm³/mol. The van der Waals surface area contributed by atoms with Crippen LogP contribution in [0.25, 0.3) is 0 Å². The van der Waals surface area contributed by atoms with Crippen LogP contribution in [0.5, 0.6) is 0 Å². The number of benzene rings is 2. The Labute approximate surface area is 168 Å². The molecule has 0 saturated heterocycles. The summed E-state index contributed by atoms with van der Waals surface area (Å²) in [6, 6.07) is 14.3. The van der Waals surface area contributed by atoms with Crippen LogP contribution in [0, 0.1) is 18.7 Å². The highest BCUT2D eigenvalue weighted by Crippen LogP contribution is 2.16. The maximum Gasteiger partial charge on any atom is 0.123 e. The van der Waals surface area contributed by atoms with E-state index in [0.717, 1.165) is 37.2 Å². The van der Waals surface area contributed by atoms with Crippen molar-refractivity contribution in [3.8, 4) is 0 Å². The van der Waals surface area contributed by atoms with Gasteiger partial charge in [-0.2, -0.15) is 0 Å². The minimum atomic E-state index is -0.159. The smallest absolute Gasteiger partial charge is 0.123 e. The topological polar surface area (TPSA) is 24.4 Å². The van der Waals surface area contributed by atoms with Crippen molar-refractivity contribution in [1.82, 2.24) is 5.32 Å². The van der Waals surface area contributed by atoms with Gasteiger partial charge in [0.2, 0.25) is 0 Å². The number of hydrogen-bond acceptors (Lipinski definition) is 2. The molecule has 1 aliphatic rings. The summed E-state index contributed by atoms with van der Waals surface area (Å²) in [6.07, 6.45) is 5.08. The summed E-state index contributed by atoms with van der Waals surface area (Å²) < 4.78 is 13.2. The van der Waals surface area contributed by atoms with Gasteiger partial charge in [-0.15, -0.1) is 0 Å². The number of nitrogens with one attached hydrogen (secondary N) is 1. The number of aryl methyl sites for hydroxylation is 3. The molecule has 0 aromatic heterocycles. The lowest BCUT2D eigenvalue weighted by molar-refractivity contribution is 0.625. The Morgan fingerprint density at radius 2 is 1.71 bits per heavy atom. The summed E-state index contributed by atoms with van der Waals surface area (Å²) in [5, 5.41) is 3.53. The molecule has 1 N–H and O–H groups in total. The van der Waals surface area contributed by atoms with Gasteiger partial charge in [0.1, 0.15) is 11.7 Å². The molecule has 2 aromatic carbocycles. The first-order valence-corrected chi connectivity index (χ1v) is 10.2. The first-order chi connectivity index (χ1) is 13.4. The lowest BCUT2D eigenvalue weighted by atomic mass is 9.99. The standard InChI is InChI=1S/C25H31FN2/c1-17(2)23-15-25(27-16-23)28-19(4)14-21-7-5-20(6-8-21)9-10-22-11-12-24(26)13-18(22)3/h5-8,11-13,15,17,19H,9-10,14,16H2,1-4H3,(H,27,28). The quantitative estimate of drug-likeness (QED) is 0.682. The summed E-state index contributed by atoms with van der Waals surface area (Å²) in [4.78, 5) is 4.59. The van der Waals surface area contributed by atoms with Gasteiger partial charge in [-0.1, -0.05) is 44.2 Å². The van der Waals surface area contributed by atoms with Crippen molar-refractivity contribution >= 4 is 5.84 Å². The Kier molecular flexibility index (Phi) is 6.66. The third-order valence-corrected chi connectivity index (χ3v) is 5.44. The normalized spacial score (nSPS) is 14.8. The second-order valence-electron chi connectivity index (χ2n) is 8.21. The van der Waals surface area contributed by atoms with E-state index in [2.05, 4.69) is 61.4 Å². The van der Waals surface area contributed by atoms with Gasteiger partial charge in [-0.05, 0) is 85.1 Å². The molecule has 3 heteroatoms. The highest BCUT2D eigenvalue weighted by Gasteiger charge is 2.13. The van der Waals surface area contributed by atoms with Crippen molar-refractivity contribution in [3.63, 3.8) is 0 Å². The SMILES string of the molecule is Cc1cc(F)ccc1CCc1ccc(CC(C)NC2=NCC(C(C)C)=C2)cc1. The van der Waals surface area contributed by atoms with Crippen LogP contribution >= 0.6 is 0 Å². The molecular formula is C25H31FN2. The van der Waals surface area contributed by atoms with Crippen molar-refractivity contribution in [2.75, 3.05) is 6.54 Å². The second-order valence-corrected chi connectivity index (χ2v) is 8.21. The van der Waals surface area contributed by atoms with Gasteiger partial charge in [0.25, 0.3) is 0 Å². The van der Waals surface area contributed by atoms with Gasteiger partial charge < -0.3 is 5.32 Å². The van der Waals surface area contributed by atoms with Gasteiger partial charge >= 0.3 is 0 Å². The molecule has 0 spiro atoms. The van der Waals surface area contributed by atoms with Crippen LogP contribution in [0.4, 0.5) is 4.39 Å². The molecule has 0 radical (unpaired) electrons. The van der Waals surface area contributed by atoms with Crippen molar-refractivity contribution in [2.24, 2.45) is 10.9 Å². The van der Waals surface area contributed by atoms with Gasteiger partial charge in [0, 0.05) is 6.04 Å². The molecule has 3 rings (SSSR count). The number of halogens is 1. The van der Waals surface area contributed by atoms with Gasteiger partial charge in [-0.25, -0.2) is 4.39 Å². The average Bonchev–Trinajstić information content (AvgIpc) is 3.11. The molecule has 0 aliphatic carbocycles. The van der Waals surface area contributed by atoms with E-state index in [1.54, 1.807) is 12.1 Å². The fraction of sp³-hybridized carbons (Fsp3) is 0.400. The summed E-state index contributed by atoms with van der Waals surface area (Å²) in [5.74, 6) is 1.42. The second kappa shape index (κ2) is 9.18. The van der Waals surface area contributed by atoms with Gasteiger partial charge in [0.05, 0.1) is 6.54 Å². The zero-order valence-electron chi connectivity index (χ0n) is 17.4. The monoisotopic (exact) mass is 378 g/mol. The van der Waals surface area contributed by atoms with Crippen molar-refractivity contribution in [3.05, 3.63) is 82.2 Å². The number of aliphatic imine (C=N–C) groups is 1. The molecule has 1 aliphatic heterocycles. The maximum atomic E-state index is 13.2. The minimum Gasteiger partial charge on any atom is -0.368 e. The molecule has 0 amide bonds. The first-order valence-electron chi connectivity index (χ1n) is 10.2. The van der Waals surface area contributed by atoms with E-state index < -0.39 is 0 Å². The molecular weight excluding hydrogens is 347 g/mol. The van der Waals surface area contributed by atoms with Crippen LogP contribution in [-0.4, -0.2) is 18.4 Å². The van der Waals surface area contributed by atoms with Crippen LogP contribution in [-0.2, 0) is 19.3 Å². The van der Waals surface area contributed by atoms with Crippen molar-refractivity contribution < 1.29 is 4.39 Å². The van der Waals surface area contributed by atoms with E-state index in [9.17, 15) is 4.39 Å². The molecule has 1 unspecified atom stereocenters. The van der Waals surface area contributed by atoms with Crippen LogP contribution in [0.15, 0.2) is 59.1 Å².